The monoisotopic (exact) mass is 721 g/mol. The van der Waals surface area contributed by atoms with Crippen LogP contribution in [0.15, 0.2) is 0 Å². The normalized spacial score (nSPS) is 13.0. The van der Waals surface area contributed by atoms with Crippen molar-refractivity contribution in [3.63, 3.8) is 0 Å². The zero-order chi connectivity index (χ0) is 39.9. The smallest absolute Gasteiger partial charge is 0.143 e. The molecular formula is C43H76O8. The van der Waals surface area contributed by atoms with Gasteiger partial charge in [-0.05, 0) is 57.3 Å². The zero-order valence-corrected chi connectivity index (χ0v) is 34.6. The maximum absolute atomic E-state index is 12.1. The van der Waals surface area contributed by atoms with Crippen molar-refractivity contribution in [1.29, 1.82) is 0 Å². The fourth-order valence-electron chi connectivity index (χ4n) is 6.13. The number of hydrogen-bond donors (Lipinski definition) is 0. The Kier molecular flexibility index (Phi) is 34.3. The van der Waals surface area contributed by atoms with Crippen molar-refractivity contribution in [2.75, 3.05) is 0 Å². The molecule has 0 aromatic carbocycles. The van der Waals surface area contributed by atoms with Crippen molar-refractivity contribution < 1.29 is 38.4 Å². The van der Waals surface area contributed by atoms with Crippen LogP contribution in [0.4, 0.5) is 0 Å². The first kappa shape index (κ1) is 52.7. The van der Waals surface area contributed by atoms with Crippen LogP contribution >= 0.6 is 0 Å². The van der Waals surface area contributed by atoms with Crippen LogP contribution in [0, 0.1) is 29.6 Å². The van der Waals surface area contributed by atoms with E-state index in [4.69, 9.17) is 0 Å². The van der Waals surface area contributed by atoms with Crippen LogP contribution in [-0.4, -0.2) is 46.3 Å². The van der Waals surface area contributed by atoms with E-state index in [0.717, 1.165) is 51.4 Å². The maximum atomic E-state index is 12.1. The minimum Gasteiger partial charge on any atom is -0.300 e. The van der Waals surface area contributed by atoms with Gasteiger partial charge in [0.25, 0.3) is 0 Å². The van der Waals surface area contributed by atoms with E-state index in [1.54, 1.807) is 6.92 Å². The molecule has 0 aliphatic heterocycles. The molecular weight excluding hydrogens is 644 g/mol. The summed E-state index contributed by atoms with van der Waals surface area (Å²) in [5.41, 5.74) is 0. The van der Waals surface area contributed by atoms with Gasteiger partial charge in [0.05, 0.1) is 5.92 Å². The van der Waals surface area contributed by atoms with Gasteiger partial charge in [-0.25, -0.2) is 0 Å². The van der Waals surface area contributed by atoms with Gasteiger partial charge in [0, 0.05) is 88.4 Å². The lowest BCUT2D eigenvalue weighted by Crippen LogP contribution is -2.31. The van der Waals surface area contributed by atoms with Crippen LogP contribution in [-0.2, 0) is 38.4 Å². The number of ketones is 8. The van der Waals surface area contributed by atoms with Crippen molar-refractivity contribution in [2.24, 2.45) is 29.6 Å². The molecule has 0 aromatic rings. The second-order valence-electron chi connectivity index (χ2n) is 14.3. The fourth-order valence-corrected chi connectivity index (χ4v) is 6.13. The molecule has 296 valence electrons. The van der Waals surface area contributed by atoms with Crippen molar-refractivity contribution in [1.82, 2.24) is 0 Å². The predicted octanol–water partition coefficient (Wildman–Crippen LogP) is 10.2. The van der Waals surface area contributed by atoms with E-state index in [1.165, 1.54) is 0 Å². The maximum Gasteiger partial charge on any atom is 0.143 e. The topological polar surface area (TPSA) is 137 Å². The summed E-state index contributed by atoms with van der Waals surface area (Å²) in [6.45, 7) is 21.2. The molecule has 0 aliphatic rings. The molecule has 0 fully saturated rings. The van der Waals surface area contributed by atoms with E-state index in [2.05, 4.69) is 0 Å². The summed E-state index contributed by atoms with van der Waals surface area (Å²) in [5, 5.41) is 0. The lowest BCUT2D eigenvalue weighted by Gasteiger charge is -2.21. The lowest BCUT2D eigenvalue weighted by molar-refractivity contribution is -0.135. The van der Waals surface area contributed by atoms with E-state index >= 15 is 0 Å². The molecule has 0 amide bonds. The highest BCUT2D eigenvalue weighted by molar-refractivity contribution is 6.03. The third kappa shape index (κ3) is 25.9. The highest BCUT2D eigenvalue weighted by Gasteiger charge is 2.32. The molecule has 0 saturated carbocycles. The average molecular weight is 721 g/mol. The van der Waals surface area contributed by atoms with Gasteiger partial charge >= 0.3 is 0 Å². The van der Waals surface area contributed by atoms with Crippen molar-refractivity contribution >= 4 is 46.3 Å². The van der Waals surface area contributed by atoms with Crippen LogP contribution in [0.2, 0.25) is 0 Å². The summed E-state index contributed by atoms with van der Waals surface area (Å²) in [6.07, 6.45) is 11.6. The van der Waals surface area contributed by atoms with Crippen molar-refractivity contribution in [3.05, 3.63) is 0 Å². The minimum absolute atomic E-state index is 0.0118. The van der Waals surface area contributed by atoms with E-state index in [-0.39, 0.29) is 70.4 Å². The Hall–Kier alpha value is -2.64. The van der Waals surface area contributed by atoms with E-state index in [1.807, 2.05) is 69.2 Å². The molecule has 0 saturated heterocycles. The fraction of sp³-hybridized carbons (Fsp3) is 0.814. The second-order valence-corrected chi connectivity index (χ2v) is 14.3. The lowest BCUT2D eigenvalue weighted by atomic mass is 9.80. The van der Waals surface area contributed by atoms with E-state index in [0.29, 0.717) is 64.2 Å². The Morgan fingerprint density at radius 3 is 1.06 bits per heavy atom. The quantitative estimate of drug-likeness (QED) is 0.0696. The van der Waals surface area contributed by atoms with Crippen LogP contribution in [0.3, 0.4) is 0 Å². The van der Waals surface area contributed by atoms with Gasteiger partial charge in [0.2, 0.25) is 0 Å². The number of carbonyl (C=O) groups excluding carboxylic acids is 8. The Morgan fingerprint density at radius 1 is 0.353 bits per heavy atom. The largest absolute Gasteiger partial charge is 0.300 e. The molecule has 8 nitrogen and oxygen atoms in total. The van der Waals surface area contributed by atoms with Crippen LogP contribution < -0.4 is 0 Å². The first-order valence-corrected chi connectivity index (χ1v) is 20.2. The molecule has 0 radical (unpaired) electrons. The van der Waals surface area contributed by atoms with Gasteiger partial charge in [0.1, 0.15) is 46.3 Å². The summed E-state index contributed by atoms with van der Waals surface area (Å²) < 4.78 is 0. The number of Topliss-reactive ketones (excluding diaryl/α,β-unsaturated/α-hetero) is 8. The molecule has 0 aromatic heterocycles. The highest BCUT2D eigenvalue weighted by Crippen LogP contribution is 2.24. The van der Waals surface area contributed by atoms with Crippen LogP contribution in [0.1, 0.15) is 198 Å². The van der Waals surface area contributed by atoms with Gasteiger partial charge in [-0.2, -0.15) is 0 Å². The van der Waals surface area contributed by atoms with E-state index < -0.39 is 11.8 Å². The molecule has 0 bridgehead atoms. The minimum atomic E-state index is -0.569. The summed E-state index contributed by atoms with van der Waals surface area (Å²) >= 11 is 0. The van der Waals surface area contributed by atoms with Gasteiger partial charge in [-0.3, -0.25) is 38.4 Å². The Balaban J connectivity index is -0.000000692. The van der Waals surface area contributed by atoms with Gasteiger partial charge < -0.3 is 0 Å². The third-order valence-electron chi connectivity index (χ3n) is 8.94. The average Bonchev–Trinajstić information content (AvgIpc) is 3.05. The third-order valence-corrected chi connectivity index (χ3v) is 8.94. The van der Waals surface area contributed by atoms with Crippen molar-refractivity contribution in [2.45, 2.75) is 198 Å². The van der Waals surface area contributed by atoms with Gasteiger partial charge in [0.15, 0.2) is 0 Å². The van der Waals surface area contributed by atoms with Crippen LogP contribution in [0.5, 0.6) is 0 Å². The Bertz CT molecular complexity index is 1020. The highest BCUT2D eigenvalue weighted by atomic mass is 16.2. The Morgan fingerprint density at radius 2 is 0.667 bits per heavy atom. The molecule has 0 aliphatic carbocycles. The first-order valence-electron chi connectivity index (χ1n) is 20.2. The summed E-state index contributed by atoms with van der Waals surface area (Å²) in [7, 11) is 0. The summed E-state index contributed by atoms with van der Waals surface area (Å²) in [6, 6.07) is 0. The summed E-state index contributed by atoms with van der Waals surface area (Å²) in [4.78, 5) is 94.3. The molecule has 8 heteroatoms. The second kappa shape index (κ2) is 33.2. The molecule has 0 spiro atoms. The SMILES string of the molecule is CCCC(=O)CC(C(=O)CCC)C(C)C(=O)CCC.CCCC(=O)CC(C)C(=O)CCC.CCCC(=O)CC(C)C(C(=O)CCC)C(=O)CCC. The molecule has 0 rings (SSSR count). The molecule has 0 heterocycles. The number of hydrogen-bond acceptors (Lipinski definition) is 8. The molecule has 0 N–H and O–H groups in total. The number of carbonyl (C=O) groups is 8. The van der Waals surface area contributed by atoms with Crippen LogP contribution in [0.25, 0.3) is 0 Å². The van der Waals surface area contributed by atoms with Gasteiger partial charge in [-0.1, -0.05) is 76.2 Å². The zero-order valence-electron chi connectivity index (χ0n) is 34.6. The predicted molar refractivity (Wildman–Crippen MR) is 208 cm³/mol. The molecule has 4 atom stereocenters. The summed E-state index contributed by atoms with van der Waals surface area (Å²) in [5.74, 6) is -0.594. The molecule has 4 unspecified atom stereocenters. The van der Waals surface area contributed by atoms with E-state index in [9.17, 15) is 38.4 Å². The van der Waals surface area contributed by atoms with Gasteiger partial charge in [-0.15, -0.1) is 0 Å². The Labute approximate surface area is 311 Å². The molecule has 51 heavy (non-hydrogen) atoms. The first-order chi connectivity index (χ1) is 24.1. The standard InChI is InChI=1S/2C16H28O3.C11H20O2/c1-5-8-13(17)11-14(16(19)10-7-3)12(4)15(18)9-6-2;1-5-8-13(17)11-12(4)16(14(18)9-6-2)15(19)10-7-3;1-4-6-10(12)8-9(3)11(13)7-5-2/h12,14H,5-11H2,1-4H3;12,16H,5-11H2,1-4H3;9H,4-8H2,1-3H3. The number of rotatable bonds is 29. The van der Waals surface area contributed by atoms with Crippen molar-refractivity contribution in [3.8, 4) is 0 Å².